The highest BCUT2D eigenvalue weighted by Gasteiger charge is 2.08. The fourth-order valence-electron chi connectivity index (χ4n) is 1.86. The first-order valence-electron chi connectivity index (χ1n) is 7.51. The van der Waals surface area contributed by atoms with Crippen LogP contribution in [-0.4, -0.2) is 23.9 Å². The van der Waals surface area contributed by atoms with Crippen molar-refractivity contribution < 1.29 is 18.3 Å². The smallest absolute Gasteiger partial charge is 0.248 e. The summed E-state index contributed by atoms with van der Waals surface area (Å²) in [6.45, 7) is 0.467. The number of carbonyl (C=O) groups is 1. The average molecular weight is 397 g/mol. The van der Waals surface area contributed by atoms with Crippen LogP contribution in [0, 0.1) is 11.6 Å². The first-order chi connectivity index (χ1) is 12.5. The number of amides is 1. The molecule has 2 rings (SSSR count). The maximum absolute atomic E-state index is 13.5. The zero-order valence-corrected chi connectivity index (χ0v) is 15.5. The lowest BCUT2D eigenvalue weighted by molar-refractivity contribution is -0.119. The number of hydrogen-bond acceptors (Lipinski definition) is 4. The maximum Gasteiger partial charge on any atom is 0.248 e. The summed E-state index contributed by atoms with van der Waals surface area (Å²) in [5, 5.41) is 3.16. The van der Waals surface area contributed by atoms with Gasteiger partial charge in [0.05, 0.1) is 12.9 Å². The highest BCUT2D eigenvalue weighted by atomic mass is 32.2. The molecule has 1 amide bonds. The Hall–Kier alpha value is -2.39. The molecule has 0 saturated heterocycles. The topological polar surface area (TPSA) is 62.4 Å². The van der Waals surface area contributed by atoms with Gasteiger partial charge in [-0.2, -0.15) is 0 Å². The monoisotopic (exact) mass is 397 g/mol. The van der Waals surface area contributed by atoms with E-state index in [0.29, 0.717) is 6.54 Å². The van der Waals surface area contributed by atoms with Crippen LogP contribution in [0.3, 0.4) is 0 Å². The number of nitrogens with one attached hydrogen (secondary N) is 3. The van der Waals surface area contributed by atoms with Crippen LogP contribution in [0.25, 0.3) is 0 Å². The standard InChI is InChI=1S/C17H17F2N3O2S2/c1-24-13-5-2-11(3-6-13)9-20-17(25)22-21-16(23)10-26-15-8-12(18)4-7-14(15)19/h2-8H,9-10H2,1H3,(H,21,23)(H2,20,22,25). The van der Waals surface area contributed by atoms with E-state index in [-0.39, 0.29) is 15.8 Å². The molecule has 0 aliphatic heterocycles. The number of thiocarbonyl (C=S) groups is 1. The molecule has 0 fully saturated rings. The van der Waals surface area contributed by atoms with E-state index in [1.807, 2.05) is 24.3 Å². The maximum atomic E-state index is 13.5. The van der Waals surface area contributed by atoms with Crippen molar-refractivity contribution in [3.63, 3.8) is 0 Å². The Morgan fingerprint density at radius 2 is 1.88 bits per heavy atom. The minimum atomic E-state index is -0.575. The third-order valence-corrected chi connectivity index (χ3v) is 4.46. The van der Waals surface area contributed by atoms with E-state index in [2.05, 4.69) is 16.2 Å². The Labute approximate surface area is 159 Å². The van der Waals surface area contributed by atoms with Gasteiger partial charge in [-0.15, -0.1) is 11.8 Å². The van der Waals surface area contributed by atoms with Crippen molar-refractivity contribution in [1.29, 1.82) is 0 Å². The van der Waals surface area contributed by atoms with Gasteiger partial charge in [0.25, 0.3) is 0 Å². The number of rotatable bonds is 6. The van der Waals surface area contributed by atoms with Crippen LogP contribution >= 0.6 is 24.0 Å². The van der Waals surface area contributed by atoms with Crippen molar-refractivity contribution in [1.82, 2.24) is 16.2 Å². The molecule has 3 N–H and O–H groups in total. The van der Waals surface area contributed by atoms with E-state index in [1.54, 1.807) is 7.11 Å². The van der Waals surface area contributed by atoms with E-state index in [4.69, 9.17) is 17.0 Å². The Morgan fingerprint density at radius 3 is 2.58 bits per heavy atom. The van der Waals surface area contributed by atoms with Crippen LogP contribution in [0.4, 0.5) is 8.78 Å². The molecule has 0 aliphatic rings. The molecule has 26 heavy (non-hydrogen) atoms. The van der Waals surface area contributed by atoms with E-state index in [0.717, 1.165) is 41.3 Å². The number of hydrazine groups is 1. The second-order valence-corrected chi connectivity index (χ2v) is 6.49. The van der Waals surface area contributed by atoms with Crippen LogP contribution < -0.4 is 20.9 Å². The van der Waals surface area contributed by atoms with Gasteiger partial charge >= 0.3 is 0 Å². The number of halogens is 2. The minimum Gasteiger partial charge on any atom is -0.497 e. The molecule has 0 aromatic heterocycles. The number of hydrogen-bond donors (Lipinski definition) is 3. The van der Waals surface area contributed by atoms with Crippen molar-refractivity contribution in [3.8, 4) is 5.75 Å². The fourth-order valence-corrected chi connectivity index (χ4v) is 2.75. The summed E-state index contributed by atoms with van der Waals surface area (Å²) in [7, 11) is 1.59. The summed E-state index contributed by atoms with van der Waals surface area (Å²) in [5.74, 6) is -0.888. The van der Waals surface area contributed by atoms with Gasteiger partial charge in [-0.3, -0.25) is 15.6 Å². The van der Waals surface area contributed by atoms with E-state index in [9.17, 15) is 13.6 Å². The molecular formula is C17H17F2N3O2S2. The minimum absolute atomic E-state index is 0.0698. The number of methoxy groups -OCH3 is 1. The summed E-state index contributed by atoms with van der Waals surface area (Å²) in [5.41, 5.74) is 5.93. The van der Waals surface area contributed by atoms with Crippen molar-refractivity contribution in [2.45, 2.75) is 11.4 Å². The predicted octanol–water partition coefficient (Wildman–Crippen LogP) is 2.76. The molecule has 9 heteroatoms. The summed E-state index contributed by atoms with van der Waals surface area (Å²) < 4.78 is 31.6. The highest BCUT2D eigenvalue weighted by molar-refractivity contribution is 8.00. The molecule has 0 saturated carbocycles. The van der Waals surface area contributed by atoms with Crippen molar-refractivity contribution in [2.75, 3.05) is 12.9 Å². The molecule has 2 aromatic rings. The number of carbonyl (C=O) groups excluding carboxylic acids is 1. The van der Waals surface area contributed by atoms with E-state index < -0.39 is 17.5 Å². The zero-order valence-electron chi connectivity index (χ0n) is 13.8. The lowest BCUT2D eigenvalue weighted by Crippen LogP contribution is -2.47. The van der Waals surface area contributed by atoms with Crippen LogP contribution in [0.15, 0.2) is 47.4 Å². The van der Waals surface area contributed by atoms with Crippen molar-refractivity contribution in [2.24, 2.45) is 0 Å². The lowest BCUT2D eigenvalue weighted by Gasteiger charge is -2.12. The Kier molecular flexibility index (Phi) is 7.61. The van der Waals surface area contributed by atoms with E-state index in [1.165, 1.54) is 0 Å². The Bertz CT molecular complexity index is 773. The molecule has 5 nitrogen and oxygen atoms in total. The summed E-state index contributed by atoms with van der Waals surface area (Å²) >= 11 is 5.95. The highest BCUT2D eigenvalue weighted by Crippen LogP contribution is 2.22. The molecule has 0 unspecified atom stereocenters. The van der Waals surface area contributed by atoms with Gasteiger partial charge in [0.1, 0.15) is 17.4 Å². The number of benzene rings is 2. The van der Waals surface area contributed by atoms with Gasteiger partial charge in [-0.05, 0) is 48.1 Å². The van der Waals surface area contributed by atoms with Gasteiger partial charge < -0.3 is 10.1 Å². The first kappa shape index (κ1) is 19.9. The van der Waals surface area contributed by atoms with Crippen LogP contribution in [0.5, 0.6) is 5.75 Å². The largest absolute Gasteiger partial charge is 0.497 e. The summed E-state index contributed by atoms with van der Waals surface area (Å²) in [4.78, 5) is 11.8. The first-order valence-corrected chi connectivity index (χ1v) is 8.91. The third kappa shape index (κ3) is 6.49. The SMILES string of the molecule is COc1ccc(CNC(=S)NNC(=O)CSc2cc(F)ccc2F)cc1. The normalized spacial score (nSPS) is 10.1. The van der Waals surface area contributed by atoms with Crippen molar-refractivity contribution >= 4 is 35.0 Å². The average Bonchev–Trinajstić information content (AvgIpc) is 2.65. The van der Waals surface area contributed by atoms with Gasteiger partial charge in [0, 0.05) is 11.4 Å². The number of ether oxygens (including phenoxy) is 1. The summed E-state index contributed by atoms with van der Waals surface area (Å²) in [6, 6.07) is 10.5. The van der Waals surface area contributed by atoms with Crippen LogP contribution in [-0.2, 0) is 11.3 Å². The molecule has 0 aliphatic carbocycles. The third-order valence-electron chi connectivity index (χ3n) is 3.18. The molecule has 0 spiro atoms. The van der Waals surface area contributed by atoms with E-state index >= 15 is 0 Å². The van der Waals surface area contributed by atoms with Crippen molar-refractivity contribution in [3.05, 3.63) is 59.7 Å². The Morgan fingerprint density at radius 1 is 1.15 bits per heavy atom. The van der Waals surface area contributed by atoms with Gasteiger partial charge in [-0.1, -0.05) is 12.1 Å². The molecule has 0 radical (unpaired) electrons. The molecular weight excluding hydrogens is 380 g/mol. The van der Waals surface area contributed by atoms with Crippen LogP contribution in [0.2, 0.25) is 0 Å². The molecule has 2 aromatic carbocycles. The second-order valence-electron chi connectivity index (χ2n) is 5.07. The lowest BCUT2D eigenvalue weighted by atomic mass is 10.2. The second kappa shape index (κ2) is 9.93. The zero-order chi connectivity index (χ0) is 18.9. The van der Waals surface area contributed by atoms with Crippen LogP contribution in [0.1, 0.15) is 5.56 Å². The quantitative estimate of drug-likeness (QED) is 0.396. The molecule has 0 atom stereocenters. The fraction of sp³-hybridized carbons (Fsp3) is 0.176. The van der Waals surface area contributed by atoms with Gasteiger partial charge in [0.15, 0.2) is 5.11 Å². The number of thioether (sulfide) groups is 1. The Balaban J connectivity index is 1.69. The van der Waals surface area contributed by atoms with Gasteiger partial charge in [-0.25, -0.2) is 8.78 Å². The molecule has 0 bridgehead atoms. The predicted molar refractivity (Wildman–Crippen MR) is 101 cm³/mol. The molecule has 0 heterocycles. The summed E-state index contributed by atoms with van der Waals surface area (Å²) in [6.07, 6.45) is 0. The molecule has 138 valence electrons. The van der Waals surface area contributed by atoms with Gasteiger partial charge in [0.2, 0.25) is 5.91 Å².